The van der Waals surface area contributed by atoms with Gasteiger partial charge in [0.1, 0.15) is 5.78 Å². The first kappa shape index (κ1) is 21.9. The van der Waals surface area contributed by atoms with Gasteiger partial charge < -0.3 is 0 Å². The lowest BCUT2D eigenvalue weighted by Crippen LogP contribution is -2.44. The Morgan fingerprint density at radius 3 is 1.65 bits per heavy atom. The van der Waals surface area contributed by atoms with Gasteiger partial charge in [0.2, 0.25) is 0 Å². The highest BCUT2D eigenvalue weighted by Crippen LogP contribution is 2.59. The number of carbonyl (C=O) groups excluding carboxylic acids is 1. The molecule has 20 heavy (non-hydrogen) atoms. The second-order valence-electron chi connectivity index (χ2n) is 6.26. The fourth-order valence-electron chi connectivity index (χ4n) is 3.96. The van der Waals surface area contributed by atoms with Crippen molar-refractivity contribution in [3.8, 4) is 0 Å². The van der Waals surface area contributed by atoms with E-state index in [4.69, 9.17) is 0 Å². The van der Waals surface area contributed by atoms with E-state index in [0.29, 0.717) is 16.6 Å². The van der Waals surface area contributed by atoms with Crippen LogP contribution in [0.5, 0.6) is 0 Å². The molecule has 2 aliphatic rings. The Kier molecular flexibility index (Phi) is 10.5. The molecular formula is C18H39NO. The summed E-state index contributed by atoms with van der Waals surface area (Å²) in [5, 5.41) is 0. The van der Waals surface area contributed by atoms with Gasteiger partial charge in [-0.2, -0.15) is 0 Å². The topological polar surface area (TPSA) is 20.3 Å². The lowest BCUT2D eigenvalue weighted by atomic mass is 9.53. The van der Waals surface area contributed by atoms with Gasteiger partial charge in [-0.05, 0) is 44.1 Å². The van der Waals surface area contributed by atoms with Gasteiger partial charge in [-0.15, -0.1) is 0 Å². The molecule has 0 bridgehead atoms. The summed E-state index contributed by atoms with van der Waals surface area (Å²) in [6.07, 6.45) is 3.70. The van der Waals surface area contributed by atoms with Crippen molar-refractivity contribution in [1.29, 1.82) is 0 Å². The van der Waals surface area contributed by atoms with Crippen LogP contribution in [-0.2, 0) is 4.79 Å². The number of carbonyl (C=O) groups is 1. The van der Waals surface area contributed by atoms with Crippen LogP contribution in [0.15, 0.2) is 0 Å². The smallest absolute Gasteiger partial charge is 0.146 e. The van der Waals surface area contributed by atoms with Crippen LogP contribution in [-0.4, -0.2) is 30.3 Å². The van der Waals surface area contributed by atoms with E-state index in [2.05, 4.69) is 25.8 Å². The zero-order valence-electron chi connectivity index (χ0n) is 15.8. The summed E-state index contributed by atoms with van der Waals surface area (Å²) in [7, 11) is 2.09. The van der Waals surface area contributed by atoms with Crippen LogP contribution in [0.4, 0.5) is 0 Å². The number of hydrogen-bond donors (Lipinski definition) is 0. The minimum Gasteiger partial charge on any atom is -0.298 e. The summed E-state index contributed by atoms with van der Waals surface area (Å²) in [5.74, 6) is 0.342. The van der Waals surface area contributed by atoms with Gasteiger partial charge in [0, 0.05) is 6.54 Å². The van der Waals surface area contributed by atoms with Crippen LogP contribution in [0.1, 0.15) is 81.6 Å². The van der Waals surface area contributed by atoms with Crippen LogP contribution < -0.4 is 0 Å². The first-order valence-corrected chi connectivity index (χ1v) is 8.54. The number of likely N-dealkylation sites (N-methyl/N-ethyl adjacent to an activating group) is 1. The fraction of sp³-hybridized carbons (Fsp3) is 0.944. The molecule has 0 aromatic carbocycles. The minimum absolute atomic E-state index is 0.200. The summed E-state index contributed by atoms with van der Waals surface area (Å²) in [5.41, 5.74) is 1.00. The molecule has 0 amide bonds. The molecule has 1 aliphatic carbocycles. The Balaban J connectivity index is 0. The molecule has 1 heterocycles. The molecule has 2 heteroatoms. The van der Waals surface area contributed by atoms with Gasteiger partial charge in [0.05, 0.1) is 6.04 Å². The number of nitrogens with zero attached hydrogens (tertiary/aromatic N) is 1. The number of ketones is 1. The molecule has 1 saturated carbocycles. The number of rotatable bonds is 1. The van der Waals surface area contributed by atoms with E-state index in [9.17, 15) is 4.79 Å². The maximum absolute atomic E-state index is 11.4. The van der Waals surface area contributed by atoms with Crippen molar-refractivity contribution >= 4 is 5.78 Å². The van der Waals surface area contributed by atoms with E-state index in [-0.39, 0.29) is 6.04 Å². The molecule has 1 saturated heterocycles. The van der Waals surface area contributed by atoms with E-state index in [1.165, 1.54) is 12.8 Å². The average Bonchev–Trinajstić information content (AvgIpc) is 2.72. The average molecular weight is 286 g/mol. The van der Waals surface area contributed by atoms with Crippen molar-refractivity contribution in [2.24, 2.45) is 10.8 Å². The SMILES string of the molecule is CC.CC.CC.CC(=O)[C@@H]1CC2(CN1C)CC(C)(C)C2. The van der Waals surface area contributed by atoms with E-state index in [1.54, 1.807) is 6.92 Å². The fourth-order valence-corrected chi connectivity index (χ4v) is 3.96. The molecule has 0 aromatic rings. The van der Waals surface area contributed by atoms with Gasteiger partial charge in [-0.3, -0.25) is 9.69 Å². The quantitative estimate of drug-likeness (QED) is 0.663. The Bertz CT molecular complexity index is 263. The van der Waals surface area contributed by atoms with Crippen LogP contribution in [0.25, 0.3) is 0 Å². The Hall–Kier alpha value is -0.370. The lowest BCUT2D eigenvalue weighted by Gasteiger charge is -2.51. The van der Waals surface area contributed by atoms with Gasteiger partial charge in [0.15, 0.2) is 0 Å². The Morgan fingerprint density at radius 1 is 1.00 bits per heavy atom. The molecule has 0 N–H and O–H groups in total. The van der Waals surface area contributed by atoms with Crippen molar-refractivity contribution in [1.82, 2.24) is 4.90 Å². The summed E-state index contributed by atoms with van der Waals surface area (Å²) < 4.78 is 0. The molecule has 1 aliphatic heterocycles. The van der Waals surface area contributed by atoms with Crippen molar-refractivity contribution in [3.63, 3.8) is 0 Å². The predicted octanol–water partition coefficient (Wildman–Crippen LogP) is 5.16. The maximum atomic E-state index is 11.4. The molecule has 0 aromatic heterocycles. The second-order valence-corrected chi connectivity index (χ2v) is 6.26. The van der Waals surface area contributed by atoms with E-state index in [0.717, 1.165) is 13.0 Å². The lowest BCUT2D eigenvalue weighted by molar-refractivity contribution is -0.121. The monoisotopic (exact) mass is 285 g/mol. The summed E-state index contributed by atoms with van der Waals surface area (Å²) in [4.78, 5) is 13.7. The normalized spacial score (nSPS) is 25.0. The van der Waals surface area contributed by atoms with Gasteiger partial charge in [-0.25, -0.2) is 0 Å². The van der Waals surface area contributed by atoms with E-state index < -0.39 is 0 Å². The summed E-state index contributed by atoms with van der Waals surface area (Å²) >= 11 is 0. The molecular weight excluding hydrogens is 246 g/mol. The molecule has 2 rings (SSSR count). The largest absolute Gasteiger partial charge is 0.298 e. The number of Topliss-reactive ketones (excluding diaryl/α,β-unsaturated/α-hetero) is 1. The summed E-state index contributed by atoms with van der Waals surface area (Å²) in [6.45, 7) is 19.5. The highest BCUT2D eigenvalue weighted by Gasteiger charge is 2.54. The zero-order chi connectivity index (χ0) is 16.6. The third-order valence-electron chi connectivity index (χ3n) is 3.92. The molecule has 2 nitrogen and oxygen atoms in total. The third kappa shape index (κ3) is 5.55. The molecule has 0 radical (unpaired) electrons. The van der Waals surface area contributed by atoms with Gasteiger partial charge in [0.25, 0.3) is 0 Å². The van der Waals surface area contributed by atoms with Crippen molar-refractivity contribution < 1.29 is 4.79 Å². The van der Waals surface area contributed by atoms with Crippen LogP contribution in [0.3, 0.4) is 0 Å². The molecule has 1 atom stereocenters. The molecule has 122 valence electrons. The highest BCUT2D eigenvalue weighted by molar-refractivity contribution is 5.81. The zero-order valence-corrected chi connectivity index (χ0v) is 15.8. The molecule has 2 fully saturated rings. The second kappa shape index (κ2) is 9.55. The van der Waals surface area contributed by atoms with Gasteiger partial charge >= 0.3 is 0 Å². The van der Waals surface area contributed by atoms with E-state index in [1.807, 2.05) is 41.5 Å². The number of likely N-dealkylation sites (tertiary alicyclic amines) is 1. The van der Waals surface area contributed by atoms with Gasteiger partial charge in [-0.1, -0.05) is 55.4 Å². The van der Waals surface area contributed by atoms with E-state index >= 15 is 0 Å². The van der Waals surface area contributed by atoms with Crippen LogP contribution >= 0.6 is 0 Å². The maximum Gasteiger partial charge on any atom is 0.146 e. The van der Waals surface area contributed by atoms with Crippen molar-refractivity contribution in [3.05, 3.63) is 0 Å². The van der Waals surface area contributed by atoms with Crippen molar-refractivity contribution in [2.75, 3.05) is 13.6 Å². The predicted molar refractivity (Wildman–Crippen MR) is 91.2 cm³/mol. The Labute approximate surface area is 128 Å². The number of hydrogen-bond acceptors (Lipinski definition) is 2. The minimum atomic E-state index is 0.200. The summed E-state index contributed by atoms with van der Waals surface area (Å²) in [6, 6.07) is 0.200. The standard InChI is InChI=1S/C12H21NO.3C2H6/c1-9(14)10-5-12(8-13(10)4)6-11(2,3)7-12;3*1-2/h10H,5-8H2,1-4H3;3*1-2H3/t10-;;;/m0.../s1. The third-order valence-corrected chi connectivity index (χ3v) is 3.92. The van der Waals surface area contributed by atoms with Crippen LogP contribution in [0, 0.1) is 10.8 Å². The Morgan fingerprint density at radius 2 is 1.40 bits per heavy atom. The highest BCUT2D eigenvalue weighted by atomic mass is 16.1. The first-order valence-electron chi connectivity index (χ1n) is 8.54. The first-order chi connectivity index (χ1) is 9.34. The van der Waals surface area contributed by atoms with Crippen molar-refractivity contribution in [2.45, 2.75) is 87.6 Å². The molecule has 1 spiro atoms. The molecule has 0 unspecified atom stereocenters. The van der Waals surface area contributed by atoms with Crippen LogP contribution in [0.2, 0.25) is 0 Å².